The predicted octanol–water partition coefficient (Wildman–Crippen LogP) is 2.97. The molecular weight excluding hydrogens is 228 g/mol. The van der Waals surface area contributed by atoms with Gasteiger partial charge >= 0.3 is 5.97 Å². The van der Waals surface area contributed by atoms with Crippen molar-refractivity contribution in [2.45, 2.75) is 19.0 Å². The molecule has 0 saturated carbocycles. The highest BCUT2D eigenvalue weighted by molar-refractivity contribution is 5.80. The molecule has 1 aromatic carbocycles. The molecule has 0 amide bonds. The summed E-state index contributed by atoms with van der Waals surface area (Å²) in [6.07, 6.45) is -0.501. The molecule has 0 heterocycles. The Kier molecular flexibility index (Phi) is 3.51. The lowest BCUT2D eigenvalue weighted by atomic mass is 9.93. The number of hydrogen-bond donors (Lipinski definition) is 0. The molecule has 0 fully saturated rings. The van der Waals surface area contributed by atoms with Crippen LogP contribution in [-0.4, -0.2) is 5.97 Å². The van der Waals surface area contributed by atoms with E-state index in [9.17, 15) is 22.5 Å². The first-order valence-electron chi connectivity index (χ1n) is 4.42. The number of rotatable bonds is 3. The molecule has 0 aliphatic carbocycles. The second-order valence-corrected chi connectivity index (χ2v) is 3.18. The van der Waals surface area contributed by atoms with Crippen LogP contribution in [0.5, 0.6) is 0 Å². The van der Waals surface area contributed by atoms with E-state index < -0.39 is 35.3 Å². The summed E-state index contributed by atoms with van der Waals surface area (Å²) < 4.78 is 51.3. The minimum atomic E-state index is -2.89. The van der Waals surface area contributed by atoms with Crippen LogP contribution in [0.15, 0.2) is 18.2 Å². The minimum Gasteiger partial charge on any atom is -0.251 e. The van der Waals surface area contributed by atoms with E-state index >= 15 is 0 Å². The highest BCUT2D eigenvalue weighted by Crippen LogP contribution is 2.32. The second-order valence-electron chi connectivity index (χ2n) is 3.18. The van der Waals surface area contributed by atoms with Gasteiger partial charge in [0, 0.05) is 16.2 Å². The second kappa shape index (κ2) is 4.51. The molecule has 1 unspecified atom stereocenters. The van der Waals surface area contributed by atoms with Crippen LogP contribution in [-0.2, 0) is 15.4 Å². The molecule has 0 aromatic heterocycles. The van der Waals surface area contributed by atoms with Crippen molar-refractivity contribution in [3.05, 3.63) is 35.4 Å². The smallest absolute Gasteiger partial charge is 0.251 e. The molecule has 0 N–H and O–H groups in total. The van der Waals surface area contributed by atoms with E-state index in [0.29, 0.717) is 18.2 Å². The molecule has 0 radical (unpaired) electrons. The van der Waals surface area contributed by atoms with Gasteiger partial charge in [0.15, 0.2) is 0 Å². The third kappa shape index (κ3) is 2.15. The summed E-state index contributed by atoms with van der Waals surface area (Å²) in [5.74, 6) is -3.95. The van der Waals surface area contributed by atoms with Crippen LogP contribution in [0.25, 0.3) is 0 Å². The van der Waals surface area contributed by atoms with Crippen molar-refractivity contribution in [1.82, 2.24) is 0 Å². The summed E-state index contributed by atoms with van der Waals surface area (Å²) >= 11 is 0. The summed E-state index contributed by atoms with van der Waals surface area (Å²) in [6.45, 7) is 1.22. The Morgan fingerprint density at radius 1 is 1.31 bits per heavy atom. The number of benzene rings is 1. The van der Waals surface area contributed by atoms with Crippen molar-refractivity contribution < 1.29 is 27.4 Å². The van der Waals surface area contributed by atoms with Gasteiger partial charge in [-0.2, -0.15) is 0 Å². The van der Waals surface area contributed by atoms with E-state index in [2.05, 4.69) is 4.94 Å². The quantitative estimate of drug-likeness (QED) is 0.754. The van der Waals surface area contributed by atoms with Crippen molar-refractivity contribution in [3.8, 4) is 0 Å². The van der Waals surface area contributed by atoms with Gasteiger partial charge in [-0.3, -0.25) is 4.94 Å². The molecular formula is C10H8F4O2. The van der Waals surface area contributed by atoms with E-state index in [-0.39, 0.29) is 0 Å². The number of carbonyl (C=O) groups excluding carboxylic acids is 1. The molecule has 6 heteroatoms. The Labute approximate surface area is 88.7 Å². The third-order valence-electron chi connectivity index (χ3n) is 2.20. The lowest BCUT2D eigenvalue weighted by molar-refractivity contribution is -0.199. The average molecular weight is 236 g/mol. The Bertz CT molecular complexity index is 388. The number of halogens is 4. The van der Waals surface area contributed by atoms with Crippen LogP contribution in [0.2, 0.25) is 0 Å². The molecule has 0 saturated heterocycles. The average Bonchev–Trinajstić information content (AvgIpc) is 2.25. The van der Waals surface area contributed by atoms with Crippen molar-refractivity contribution >= 4 is 5.97 Å². The summed E-state index contributed by atoms with van der Waals surface area (Å²) in [7, 11) is 0. The minimum absolute atomic E-state index is 0.501. The molecule has 1 atom stereocenters. The van der Waals surface area contributed by atoms with Gasteiger partial charge in [-0.15, -0.1) is 0 Å². The van der Waals surface area contributed by atoms with Crippen LogP contribution >= 0.6 is 0 Å². The first-order chi connectivity index (χ1) is 7.43. The van der Waals surface area contributed by atoms with Gasteiger partial charge in [-0.25, -0.2) is 18.0 Å². The Balaban J connectivity index is 3.27. The molecule has 1 rings (SSSR count). The van der Waals surface area contributed by atoms with Gasteiger partial charge in [-0.05, 0) is 18.6 Å². The summed E-state index contributed by atoms with van der Waals surface area (Å²) in [6, 6.07) is 1.74. The van der Waals surface area contributed by atoms with E-state index in [4.69, 9.17) is 0 Å². The lowest BCUT2D eigenvalue weighted by Crippen LogP contribution is -2.31. The molecule has 2 nitrogen and oxygen atoms in total. The van der Waals surface area contributed by atoms with Crippen LogP contribution in [0.3, 0.4) is 0 Å². The fraction of sp³-hybridized carbons (Fsp3) is 0.300. The van der Waals surface area contributed by atoms with Crippen LogP contribution in [0.1, 0.15) is 18.9 Å². The summed E-state index contributed by atoms with van der Waals surface area (Å²) in [5, 5.41) is 0. The molecule has 1 aromatic rings. The number of alkyl halides is 1. The number of hydrogen-bond acceptors (Lipinski definition) is 2. The molecule has 0 spiro atoms. The zero-order chi connectivity index (χ0) is 12.3. The summed E-state index contributed by atoms with van der Waals surface area (Å²) in [5.41, 5.74) is -3.51. The monoisotopic (exact) mass is 236 g/mol. The topological polar surface area (TPSA) is 26.3 Å². The van der Waals surface area contributed by atoms with Crippen molar-refractivity contribution in [2.24, 2.45) is 0 Å². The SMILES string of the molecule is CCC(F)(C(=O)OF)c1cc(F)cc(F)c1. The maximum Gasteiger partial charge on any atom is 0.390 e. The zero-order valence-corrected chi connectivity index (χ0v) is 8.27. The fourth-order valence-corrected chi connectivity index (χ4v) is 1.31. The molecule has 88 valence electrons. The Hall–Kier alpha value is -1.59. The highest BCUT2D eigenvalue weighted by Gasteiger charge is 2.42. The molecule has 16 heavy (non-hydrogen) atoms. The van der Waals surface area contributed by atoms with Crippen molar-refractivity contribution in [2.75, 3.05) is 0 Å². The molecule has 0 aliphatic rings. The summed E-state index contributed by atoms with van der Waals surface area (Å²) in [4.78, 5) is 13.7. The van der Waals surface area contributed by atoms with E-state index in [1.807, 2.05) is 0 Å². The first-order valence-corrected chi connectivity index (χ1v) is 4.42. The van der Waals surface area contributed by atoms with Crippen LogP contribution < -0.4 is 0 Å². The Morgan fingerprint density at radius 2 is 1.81 bits per heavy atom. The van der Waals surface area contributed by atoms with Crippen LogP contribution in [0.4, 0.5) is 17.7 Å². The lowest BCUT2D eigenvalue weighted by Gasteiger charge is -2.19. The van der Waals surface area contributed by atoms with Gasteiger partial charge in [-0.1, -0.05) is 6.92 Å². The van der Waals surface area contributed by atoms with Gasteiger partial charge in [0.1, 0.15) is 11.6 Å². The third-order valence-corrected chi connectivity index (χ3v) is 2.20. The standard InChI is InChI=1S/C10H8F4O2/c1-2-10(13,9(15)16-14)6-3-7(11)5-8(12)4-6/h3-5H,2H2,1H3. The van der Waals surface area contributed by atoms with Crippen LogP contribution in [0, 0.1) is 11.6 Å². The largest absolute Gasteiger partial charge is 0.390 e. The highest BCUT2D eigenvalue weighted by atomic mass is 19.3. The first kappa shape index (κ1) is 12.5. The maximum atomic E-state index is 14.0. The van der Waals surface area contributed by atoms with Crippen molar-refractivity contribution in [1.29, 1.82) is 0 Å². The van der Waals surface area contributed by atoms with Gasteiger partial charge in [0.2, 0.25) is 5.67 Å². The van der Waals surface area contributed by atoms with Gasteiger partial charge < -0.3 is 0 Å². The van der Waals surface area contributed by atoms with Gasteiger partial charge in [0.25, 0.3) is 0 Å². The predicted molar refractivity (Wildman–Crippen MR) is 46.6 cm³/mol. The van der Waals surface area contributed by atoms with E-state index in [1.54, 1.807) is 0 Å². The number of carbonyl (C=O) groups is 1. The van der Waals surface area contributed by atoms with E-state index in [1.165, 1.54) is 6.92 Å². The Morgan fingerprint density at radius 3 is 2.19 bits per heavy atom. The normalized spacial score (nSPS) is 14.3. The maximum absolute atomic E-state index is 14.0. The fourth-order valence-electron chi connectivity index (χ4n) is 1.31. The van der Waals surface area contributed by atoms with E-state index in [0.717, 1.165) is 0 Å². The molecule has 0 bridgehead atoms. The van der Waals surface area contributed by atoms with Gasteiger partial charge in [0.05, 0.1) is 0 Å². The van der Waals surface area contributed by atoms with Crippen molar-refractivity contribution in [3.63, 3.8) is 0 Å². The molecule has 0 aliphatic heterocycles. The zero-order valence-electron chi connectivity index (χ0n) is 8.27.